The van der Waals surface area contributed by atoms with E-state index >= 15 is 0 Å². The number of nitrogens with one attached hydrogen (secondary N) is 2. The van der Waals surface area contributed by atoms with Crippen molar-refractivity contribution in [3.05, 3.63) is 71.6 Å². The van der Waals surface area contributed by atoms with E-state index in [0.29, 0.717) is 24.7 Å². The number of likely N-dealkylation sites (tertiary alicyclic amines) is 1. The Morgan fingerprint density at radius 2 is 2.15 bits per heavy atom. The van der Waals surface area contributed by atoms with Gasteiger partial charge in [-0.25, -0.2) is 9.92 Å². The zero-order chi connectivity index (χ0) is 19.1. The van der Waals surface area contributed by atoms with Gasteiger partial charge in [0, 0.05) is 18.9 Å². The van der Waals surface area contributed by atoms with Gasteiger partial charge in [-0.1, -0.05) is 12.1 Å². The number of rotatable bonds is 7. The van der Waals surface area contributed by atoms with Crippen molar-refractivity contribution >= 4 is 0 Å². The van der Waals surface area contributed by atoms with Gasteiger partial charge in [-0.3, -0.25) is 9.88 Å². The van der Waals surface area contributed by atoms with Crippen molar-refractivity contribution in [2.24, 2.45) is 5.11 Å². The average Bonchev–Trinajstić information content (AvgIpc) is 2.70. The number of halogens is 1. The Labute approximate surface area is 158 Å². The second-order valence-electron chi connectivity index (χ2n) is 6.71. The lowest BCUT2D eigenvalue weighted by Crippen LogP contribution is -2.34. The van der Waals surface area contributed by atoms with Crippen LogP contribution in [0.25, 0.3) is 0 Å². The van der Waals surface area contributed by atoms with Crippen LogP contribution >= 0.6 is 0 Å². The Morgan fingerprint density at radius 1 is 1.33 bits per heavy atom. The lowest BCUT2D eigenvalue weighted by molar-refractivity contribution is 0.226. The van der Waals surface area contributed by atoms with Gasteiger partial charge in [-0.05, 0) is 61.7 Å². The molecule has 0 saturated carbocycles. The maximum atomic E-state index is 13.2. The van der Waals surface area contributed by atoms with E-state index in [2.05, 4.69) is 20.3 Å². The molecule has 1 saturated heterocycles. The van der Waals surface area contributed by atoms with Gasteiger partial charge in [-0.2, -0.15) is 5.11 Å². The lowest BCUT2D eigenvalue weighted by Gasteiger charge is -2.32. The monoisotopic (exact) mass is 369 g/mol. The highest BCUT2D eigenvalue weighted by atomic mass is 19.1. The molecule has 1 aliphatic rings. The third-order valence-electron chi connectivity index (χ3n) is 4.84. The Kier molecular flexibility index (Phi) is 6.49. The van der Waals surface area contributed by atoms with Crippen molar-refractivity contribution in [1.82, 2.24) is 15.2 Å². The summed E-state index contributed by atoms with van der Waals surface area (Å²) in [6.45, 7) is 2.95. The van der Waals surface area contributed by atoms with Crippen molar-refractivity contribution in [3.63, 3.8) is 0 Å². The maximum absolute atomic E-state index is 13.2. The van der Waals surface area contributed by atoms with Crippen LogP contribution < -0.4 is 5.32 Å². The summed E-state index contributed by atoms with van der Waals surface area (Å²) in [5, 5.41) is 16.3. The largest absolute Gasteiger partial charge is 0.505 e. The van der Waals surface area contributed by atoms with E-state index in [1.54, 1.807) is 18.5 Å². The fraction of sp³-hybridized carbons (Fsp3) is 0.350. The number of benzene rings is 1. The van der Waals surface area contributed by atoms with Gasteiger partial charge >= 0.3 is 0 Å². The fourth-order valence-electron chi connectivity index (χ4n) is 3.33. The third kappa shape index (κ3) is 5.34. The summed E-state index contributed by atoms with van der Waals surface area (Å²) in [5.74, 6) is -0.552. The van der Waals surface area contributed by atoms with Gasteiger partial charge in [-0.15, -0.1) is 0 Å². The Balaban J connectivity index is 1.48. The smallest absolute Gasteiger partial charge is 0.164 e. The molecule has 3 N–H and O–H groups in total. The minimum absolute atomic E-state index is 0.285. The maximum Gasteiger partial charge on any atom is 0.164 e. The number of phenols is 1. The van der Waals surface area contributed by atoms with E-state index in [1.165, 1.54) is 12.1 Å². The van der Waals surface area contributed by atoms with Crippen LogP contribution in [0.3, 0.4) is 0 Å². The van der Waals surface area contributed by atoms with E-state index in [1.807, 2.05) is 18.2 Å². The minimum Gasteiger partial charge on any atom is -0.505 e. The van der Waals surface area contributed by atoms with E-state index < -0.39 is 5.82 Å². The first-order valence-corrected chi connectivity index (χ1v) is 9.06. The third-order valence-corrected chi connectivity index (χ3v) is 4.84. The van der Waals surface area contributed by atoms with E-state index in [9.17, 15) is 9.50 Å². The predicted octanol–water partition coefficient (Wildman–Crippen LogP) is 3.77. The molecule has 27 heavy (non-hydrogen) atoms. The molecule has 0 unspecified atom stereocenters. The molecule has 3 rings (SSSR count). The second kappa shape index (κ2) is 9.23. The quantitative estimate of drug-likeness (QED) is 0.649. The number of hydrogen-bond donors (Lipinski definition) is 3. The topological polar surface area (TPSA) is 84.6 Å². The zero-order valence-electron chi connectivity index (χ0n) is 15.1. The number of aromatic nitrogens is 1. The Morgan fingerprint density at radius 3 is 2.81 bits per heavy atom. The van der Waals surface area contributed by atoms with E-state index in [0.717, 1.165) is 37.2 Å². The van der Waals surface area contributed by atoms with Gasteiger partial charge < -0.3 is 10.4 Å². The molecule has 6 nitrogen and oxygen atoms in total. The number of aromatic hydroxyl groups is 1. The van der Waals surface area contributed by atoms with Crippen LogP contribution in [-0.4, -0.2) is 34.6 Å². The normalized spacial score (nSPS) is 16.3. The van der Waals surface area contributed by atoms with Crippen LogP contribution in [0.2, 0.25) is 0 Å². The molecule has 0 amide bonds. The SMILES string of the molecule is N=N/C(=C\NCc1ccccn1)CN1CCC(c2ccc(F)c(O)c2)CC1. The molecule has 2 aromatic rings. The van der Waals surface area contributed by atoms with Crippen molar-refractivity contribution in [1.29, 1.82) is 5.53 Å². The highest BCUT2D eigenvalue weighted by molar-refractivity contribution is 5.31. The van der Waals surface area contributed by atoms with Crippen LogP contribution in [-0.2, 0) is 6.54 Å². The average molecular weight is 369 g/mol. The van der Waals surface area contributed by atoms with E-state index in [4.69, 9.17) is 5.53 Å². The van der Waals surface area contributed by atoms with Gasteiger partial charge in [0.05, 0.1) is 17.9 Å². The molecular weight excluding hydrogens is 345 g/mol. The summed E-state index contributed by atoms with van der Waals surface area (Å²) in [7, 11) is 0. The molecular formula is C20H24FN5O. The molecule has 0 radical (unpaired) electrons. The van der Waals surface area contributed by atoms with Crippen LogP contribution in [0.4, 0.5) is 4.39 Å². The summed E-state index contributed by atoms with van der Waals surface area (Å²) < 4.78 is 13.2. The number of phenolic OH excluding ortho intramolecular Hbond substituents is 1. The second-order valence-corrected chi connectivity index (χ2v) is 6.71. The van der Waals surface area contributed by atoms with Gasteiger partial charge in [0.2, 0.25) is 0 Å². The Hall–Kier alpha value is -2.80. The van der Waals surface area contributed by atoms with Crippen LogP contribution in [0, 0.1) is 11.3 Å². The fourth-order valence-corrected chi connectivity index (χ4v) is 3.33. The molecule has 7 heteroatoms. The standard InChI is InChI=1S/C20H24FN5O/c21-19-5-4-16(11-20(19)27)15-6-9-26(10-7-15)14-18(25-22)13-23-12-17-3-1-2-8-24-17/h1-5,8,11,13,15,22-23,27H,6-7,9-10,12,14H2/b18-13-,25-22?. The summed E-state index contributed by atoms with van der Waals surface area (Å²) in [4.78, 5) is 6.50. The molecule has 1 aliphatic heterocycles. The summed E-state index contributed by atoms with van der Waals surface area (Å²) in [5.41, 5.74) is 9.97. The van der Waals surface area contributed by atoms with Crippen molar-refractivity contribution in [2.45, 2.75) is 25.3 Å². The molecule has 0 aliphatic carbocycles. The molecule has 0 atom stereocenters. The van der Waals surface area contributed by atoms with Gasteiger partial charge in [0.1, 0.15) is 0 Å². The zero-order valence-corrected chi connectivity index (χ0v) is 15.1. The van der Waals surface area contributed by atoms with Crippen LogP contribution in [0.1, 0.15) is 30.0 Å². The van der Waals surface area contributed by atoms with Gasteiger partial charge in [0.15, 0.2) is 11.6 Å². The summed E-state index contributed by atoms with van der Waals surface area (Å²) >= 11 is 0. The minimum atomic E-state index is -0.582. The molecule has 1 fully saturated rings. The molecule has 2 heterocycles. The molecule has 0 bridgehead atoms. The Bertz CT molecular complexity index is 788. The predicted molar refractivity (Wildman–Crippen MR) is 101 cm³/mol. The first kappa shape index (κ1) is 19.0. The van der Waals surface area contributed by atoms with Crippen molar-refractivity contribution in [3.8, 4) is 5.75 Å². The lowest BCUT2D eigenvalue weighted by atomic mass is 9.89. The highest BCUT2D eigenvalue weighted by Crippen LogP contribution is 2.31. The number of hydrogen-bond acceptors (Lipinski definition) is 6. The van der Waals surface area contributed by atoms with E-state index in [-0.39, 0.29) is 5.75 Å². The first-order valence-electron chi connectivity index (χ1n) is 9.06. The number of nitrogens with zero attached hydrogens (tertiary/aromatic N) is 3. The molecule has 1 aromatic heterocycles. The molecule has 1 aromatic carbocycles. The number of pyridine rings is 1. The van der Waals surface area contributed by atoms with Crippen LogP contribution in [0.15, 0.2) is 59.6 Å². The number of piperidine rings is 1. The highest BCUT2D eigenvalue weighted by Gasteiger charge is 2.22. The molecule has 0 spiro atoms. The molecule has 142 valence electrons. The van der Waals surface area contributed by atoms with Crippen molar-refractivity contribution in [2.75, 3.05) is 19.6 Å². The van der Waals surface area contributed by atoms with Crippen LogP contribution in [0.5, 0.6) is 5.75 Å². The summed E-state index contributed by atoms with van der Waals surface area (Å²) in [6.07, 6.45) is 5.38. The summed E-state index contributed by atoms with van der Waals surface area (Å²) in [6, 6.07) is 10.4. The first-order chi connectivity index (χ1) is 13.2. The van der Waals surface area contributed by atoms with Crippen molar-refractivity contribution < 1.29 is 9.50 Å². The van der Waals surface area contributed by atoms with Gasteiger partial charge in [0.25, 0.3) is 0 Å².